The minimum Gasteiger partial charge on any atom is -0.357 e. The number of halogens is 3. The lowest BCUT2D eigenvalue weighted by atomic mass is 9.96. The van der Waals surface area contributed by atoms with E-state index in [0.717, 1.165) is 25.0 Å². The number of aromatic nitrogens is 1. The summed E-state index contributed by atoms with van der Waals surface area (Å²) < 4.78 is 26.3. The van der Waals surface area contributed by atoms with Gasteiger partial charge in [0, 0.05) is 37.8 Å². The van der Waals surface area contributed by atoms with Crippen molar-refractivity contribution < 1.29 is 13.6 Å². The third kappa shape index (κ3) is 4.66. The number of anilines is 1. The zero-order chi connectivity index (χ0) is 17.8. The first-order chi connectivity index (χ1) is 12.0. The number of nitrogens with zero attached hydrogens (tertiary/aromatic N) is 2. The van der Waals surface area contributed by atoms with E-state index in [4.69, 9.17) is 11.6 Å². The summed E-state index contributed by atoms with van der Waals surface area (Å²) in [5.41, 5.74) is 0.411. The van der Waals surface area contributed by atoms with Crippen LogP contribution < -0.4 is 10.2 Å². The van der Waals surface area contributed by atoms with Crippen molar-refractivity contribution >= 4 is 23.3 Å². The Morgan fingerprint density at radius 2 is 1.88 bits per heavy atom. The fourth-order valence-electron chi connectivity index (χ4n) is 2.97. The van der Waals surface area contributed by atoms with E-state index in [0.29, 0.717) is 23.4 Å². The third-order valence-corrected chi connectivity index (χ3v) is 4.51. The second-order valence-corrected chi connectivity index (χ2v) is 6.53. The molecule has 1 saturated heterocycles. The summed E-state index contributed by atoms with van der Waals surface area (Å²) in [5, 5.41) is 3.35. The zero-order valence-corrected chi connectivity index (χ0v) is 14.3. The Bertz CT molecular complexity index is 726. The Morgan fingerprint density at radius 1 is 1.20 bits per heavy atom. The van der Waals surface area contributed by atoms with Gasteiger partial charge in [-0.25, -0.2) is 13.8 Å². The maximum Gasteiger partial charge on any atom is 0.223 e. The van der Waals surface area contributed by atoms with Crippen LogP contribution in [-0.4, -0.2) is 24.0 Å². The molecule has 1 N–H and O–H groups in total. The van der Waals surface area contributed by atoms with Gasteiger partial charge in [-0.05, 0) is 42.7 Å². The van der Waals surface area contributed by atoms with Gasteiger partial charge in [-0.3, -0.25) is 4.79 Å². The van der Waals surface area contributed by atoms with Gasteiger partial charge < -0.3 is 10.2 Å². The predicted molar refractivity (Wildman–Crippen MR) is 92.4 cm³/mol. The highest BCUT2D eigenvalue weighted by Gasteiger charge is 2.25. The van der Waals surface area contributed by atoms with Crippen LogP contribution in [0.25, 0.3) is 0 Å². The number of hydrogen-bond acceptors (Lipinski definition) is 3. The van der Waals surface area contributed by atoms with E-state index >= 15 is 0 Å². The molecule has 2 aromatic rings. The van der Waals surface area contributed by atoms with Crippen LogP contribution in [0.15, 0.2) is 36.5 Å². The normalized spacial score (nSPS) is 15.2. The highest BCUT2D eigenvalue weighted by Crippen LogP contribution is 2.23. The van der Waals surface area contributed by atoms with Crippen molar-refractivity contribution in [3.05, 3.63) is 58.7 Å². The quantitative estimate of drug-likeness (QED) is 0.901. The summed E-state index contributed by atoms with van der Waals surface area (Å²) in [7, 11) is 0. The Labute approximate surface area is 149 Å². The molecule has 1 aliphatic heterocycles. The highest BCUT2D eigenvalue weighted by atomic mass is 35.5. The molecular formula is C18H18ClF2N3O. The summed E-state index contributed by atoms with van der Waals surface area (Å²) in [6.45, 7) is 1.56. The summed E-state index contributed by atoms with van der Waals surface area (Å²) in [4.78, 5) is 18.7. The summed E-state index contributed by atoms with van der Waals surface area (Å²) >= 11 is 5.84. The van der Waals surface area contributed by atoms with Crippen molar-refractivity contribution in [3.63, 3.8) is 0 Å². The minimum absolute atomic E-state index is 0.0895. The molecule has 4 nitrogen and oxygen atoms in total. The third-order valence-electron chi connectivity index (χ3n) is 4.29. The smallest absolute Gasteiger partial charge is 0.223 e. The lowest BCUT2D eigenvalue weighted by Crippen LogP contribution is -2.40. The number of piperidine rings is 1. The van der Waals surface area contributed by atoms with Gasteiger partial charge in [-0.15, -0.1) is 0 Å². The minimum atomic E-state index is -0.645. The summed E-state index contributed by atoms with van der Waals surface area (Å²) in [5.74, 6) is -0.644. The number of amides is 1. The van der Waals surface area contributed by atoms with Crippen molar-refractivity contribution in [1.82, 2.24) is 10.3 Å². The highest BCUT2D eigenvalue weighted by molar-refractivity contribution is 6.30. The number of carbonyl (C=O) groups excluding carboxylic acids is 1. The average Bonchev–Trinajstić information content (AvgIpc) is 2.60. The molecule has 0 unspecified atom stereocenters. The van der Waals surface area contributed by atoms with Crippen LogP contribution in [0.3, 0.4) is 0 Å². The van der Waals surface area contributed by atoms with Gasteiger partial charge in [0.25, 0.3) is 0 Å². The first-order valence-electron chi connectivity index (χ1n) is 8.10. The van der Waals surface area contributed by atoms with E-state index in [-0.39, 0.29) is 18.4 Å². The van der Waals surface area contributed by atoms with E-state index < -0.39 is 11.6 Å². The fraction of sp³-hybridized carbons (Fsp3) is 0.333. The van der Waals surface area contributed by atoms with E-state index in [1.54, 1.807) is 12.3 Å². The maximum atomic E-state index is 13.2. The number of rotatable bonds is 4. The van der Waals surface area contributed by atoms with Gasteiger partial charge in [0.1, 0.15) is 17.5 Å². The largest absolute Gasteiger partial charge is 0.357 e. The Balaban J connectivity index is 1.50. The Morgan fingerprint density at radius 3 is 2.48 bits per heavy atom. The van der Waals surface area contributed by atoms with Crippen molar-refractivity contribution in [1.29, 1.82) is 0 Å². The standard InChI is InChI=1S/C18H18ClF2N3O/c19-14-1-2-17(22-11-14)24-5-3-13(4-6-24)18(25)23-10-12-7-15(20)9-16(21)8-12/h1-2,7-9,11,13H,3-6,10H2,(H,23,25). The van der Waals surface area contributed by atoms with Crippen LogP contribution in [0.2, 0.25) is 5.02 Å². The SMILES string of the molecule is O=C(NCc1cc(F)cc(F)c1)C1CCN(c2ccc(Cl)cn2)CC1. The molecule has 0 saturated carbocycles. The van der Waals surface area contributed by atoms with Gasteiger partial charge in [0.2, 0.25) is 5.91 Å². The van der Waals surface area contributed by atoms with E-state index in [9.17, 15) is 13.6 Å². The second-order valence-electron chi connectivity index (χ2n) is 6.09. The molecule has 0 aliphatic carbocycles. The lowest BCUT2D eigenvalue weighted by Gasteiger charge is -2.32. The molecule has 1 aromatic heterocycles. The number of hydrogen-bond donors (Lipinski definition) is 1. The van der Waals surface area contributed by atoms with Crippen LogP contribution >= 0.6 is 11.6 Å². The van der Waals surface area contributed by atoms with Crippen molar-refractivity contribution in [2.75, 3.05) is 18.0 Å². The topological polar surface area (TPSA) is 45.2 Å². The van der Waals surface area contributed by atoms with Crippen LogP contribution in [-0.2, 0) is 11.3 Å². The molecule has 0 spiro atoms. The molecule has 0 radical (unpaired) electrons. The molecular weight excluding hydrogens is 348 g/mol. The molecule has 25 heavy (non-hydrogen) atoms. The van der Waals surface area contributed by atoms with E-state index in [1.807, 2.05) is 6.07 Å². The van der Waals surface area contributed by atoms with Gasteiger partial charge in [-0.2, -0.15) is 0 Å². The molecule has 1 fully saturated rings. The van der Waals surface area contributed by atoms with Crippen LogP contribution in [0, 0.1) is 17.6 Å². The van der Waals surface area contributed by atoms with Crippen molar-refractivity contribution in [3.8, 4) is 0 Å². The van der Waals surface area contributed by atoms with Gasteiger partial charge in [0.15, 0.2) is 0 Å². The molecule has 7 heteroatoms. The van der Waals surface area contributed by atoms with Gasteiger partial charge in [-0.1, -0.05) is 11.6 Å². The average molecular weight is 366 g/mol. The number of benzene rings is 1. The lowest BCUT2D eigenvalue weighted by molar-refractivity contribution is -0.125. The van der Waals surface area contributed by atoms with Crippen LogP contribution in [0.5, 0.6) is 0 Å². The first-order valence-corrected chi connectivity index (χ1v) is 8.48. The zero-order valence-electron chi connectivity index (χ0n) is 13.5. The number of nitrogens with one attached hydrogen (secondary N) is 1. The molecule has 132 valence electrons. The molecule has 1 aromatic carbocycles. The van der Waals surface area contributed by atoms with Crippen molar-refractivity contribution in [2.24, 2.45) is 5.92 Å². The molecule has 1 aliphatic rings. The van der Waals surface area contributed by atoms with E-state index in [1.165, 1.54) is 12.1 Å². The molecule has 0 atom stereocenters. The first kappa shape index (κ1) is 17.6. The maximum absolute atomic E-state index is 13.2. The Hall–Kier alpha value is -2.21. The van der Waals surface area contributed by atoms with Crippen LogP contribution in [0.1, 0.15) is 18.4 Å². The molecule has 0 bridgehead atoms. The summed E-state index contributed by atoms with van der Waals surface area (Å²) in [6, 6.07) is 6.91. The monoisotopic (exact) mass is 365 g/mol. The van der Waals surface area contributed by atoms with Gasteiger partial charge in [0.05, 0.1) is 5.02 Å². The van der Waals surface area contributed by atoms with Gasteiger partial charge >= 0.3 is 0 Å². The molecule has 2 heterocycles. The molecule has 1 amide bonds. The van der Waals surface area contributed by atoms with Crippen molar-refractivity contribution in [2.45, 2.75) is 19.4 Å². The Kier molecular flexibility index (Phi) is 5.48. The fourth-order valence-corrected chi connectivity index (χ4v) is 3.08. The predicted octanol–water partition coefficient (Wildman–Crippen LogP) is 3.55. The van der Waals surface area contributed by atoms with E-state index in [2.05, 4.69) is 15.2 Å². The molecule has 3 rings (SSSR count). The number of carbonyl (C=O) groups is 1. The summed E-state index contributed by atoms with van der Waals surface area (Å²) in [6.07, 6.45) is 3.01. The number of pyridine rings is 1. The second kappa shape index (κ2) is 7.78. The van der Waals surface area contributed by atoms with Crippen LogP contribution in [0.4, 0.5) is 14.6 Å².